The minimum atomic E-state index is -3.46. The molecule has 2 heterocycles. The number of fused-ring (bicyclic) bond motifs is 1. The van der Waals surface area contributed by atoms with Crippen molar-refractivity contribution in [3.8, 4) is 11.5 Å². The second-order valence-corrected chi connectivity index (χ2v) is 10.6. The Labute approximate surface area is 195 Å². The van der Waals surface area contributed by atoms with Gasteiger partial charge in [0.1, 0.15) is 6.54 Å². The molecule has 1 fully saturated rings. The van der Waals surface area contributed by atoms with E-state index < -0.39 is 10.0 Å². The van der Waals surface area contributed by atoms with Crippen molar-refractivity contribution in [2.75, 3.05) is 39.2 Å². The molecule has 2 aliphatic rings. The Bertz CT molecular complexity index is 1110. The number of carbonyl (C=O) groups excluding carboxylic acids is 1. The van der Waals surface area contributed by atoms with E-state index >= 15 is 0 Å². The van der Waals surface area contributed by atoms with Crippen molar-refractivity contribution in [1.29, 1.82) is 0 Å². The van der Waals surface area contributed by atoms with Crippen LogP contribution in [0.5, 0.6) is 11.5 Å². The van der Waals surface area contributed by atoms with Crippen LogP contribution in [-0.2, 0) is 27.8 Å². The summed E-state index contributed by atoms with van der Waals surface area (Å²) in [7, 11) is -0.209. The van der Waals surface area contributed by atoms with Crippen LogP contribution in [-0.4, -0.2) is 58.5 Å². The van der Waals surface area contributed by atoms with Crippen LogP contribution in [0.25, 0.3) is 0 Å². The van der Waals surface area contributed by atoms with Crippen LogP contribution < -0.4 is 19.7 Å². The summed E-state index contributed by atoms with van der Waals surface area (Å²) in [5.74, 6) is 1.32. The van der Waals surface area contributed by atoms with E-state index in [0.29, 0.717) is 24.5 Å². The Morgan fingerprint density at radius 2 is 1.64 bits per heavy atom. The summed E-state index contributed by atoms with van der Waals surface area (Å²) in [5.41, 5.74) is 2.97. The maximum absolute atomic E-state index is 12.9. The standard InChI is InChI=1S/C24H31N3O5S/c1-17(26-13-10-18-14-22(31-2)23(32-3)15-19(18)16-26)24(28)25-20-6-8-21(9-7-20)33(29,30)27-11-4-5-12-27/h6-9,14-15,17H,4-5,10-13,16H2,1-3H3,(H,25,28)/p+1/t17-/m1/s1. The number of nitrogens with zero attached hydrogens (tertiary/aromatic N) is 1. The molecule has 2 atom stereocenters. The smallest absolute Gasteiger partial charge is 0.282 e. The lowest BCUT2D eigenvalue weighted by molar-refractivity contribution is -0.929. The summed E-state index contributed by atoms with van der Waals surface area (Å²) in [6.45, 7) is 4.61. The lowest BCUT2D eigenvalue weighted by Crippen LogP contribution is -3.16. The van der Waals surface area contributed by atoms with Gasteiger partial charge in [-0.2, -0.15) is 4.31 Å². The highest BCUT2D eigenvalue weighted by Crippen LogP contribution is 2.31. The van der Waals surface area contributed by atoms with Crippen molar-refractivity contribution >= 4 is 21.6 Å². The third-order valence-corrected chi connectivity index (χ3v) is 8.58. The van der Waals surface area contributed by atoms with Crippen LogP contribution >= 0.6 is 0 Å². The van der Waals surface area contributed by atoms with Gasteiger partial charge in [-0.1, -0.05) is 0 Å². The normalized spacial score (nSPS) is 19.5. The third-order valence-electron chi connectivity index (χ3n) is 6.67. The van der Waals surface area contributed by atoms with Crippen molar-refractivity contribution in [3.05, 3.63) is 47.5 Å². The fourth-order valence-electron chi connectivity index (χ4n) is 4.58. The number of nitrogens with one attached hydrogen (secondary N) is 2. The Morgan fingerprint density at radius 1 is 1.03 bits per heavy atom. The van der Waals surface area contributed by atoms with Gasteiger partial charge in [-0.3, -0.25) is 4.79 Å². The number of ether oxygens (including phenoxy) is 2. The molecule has 2 aliphatic heterocycles. The van der Waals surface area contributed by atoms with Gasteiger partial charge in [0, 0.05) is 30.8 Å². The molecule has 2 aromatic rings. The topological polar surface area (TPSA) is 89.4 Å². The molecule has 1 unspecified atom stereocenters. The molecule has 0 radical (unpaired) electrons. The highest BCUT2D eigenvalue weighted by Gasteiger charge is 2.31. The number of amides is 1. The molecule has 2 aromatic carbocycles. The molecule has 1 amide bonds. The zero-order valence-electron chi connectivity index (χ0n) is 19.4. The van der Waals surface area contributed by atoms with Crippen molar-refractivity contribution in [2.45, 2.75) is 43.7 Å². The number of sulfonamides is 1. The Hall–Kier alpha value is -2.62. The molecule has 1 saturated heterocycles. The predicted octanol–water partition coefficient (Wildman–Crippen LogP) is 1.46. The molecular formula is C24H32N3O5S+. The maximum atomic E-state index is 12.9. The Kier molecular flexibility index (Phi) is 6.92. The molecule has 0 aromatic heterocycles. The molecule has 4 rings (SSSR count). The molecule has 33 heavy (non-hydrogen) atoms. The molecule has 9 heteroatoms. The van der Waals surface area contributed by atoms with Gasteiger partial charge < -0.3 is 19.7 Å². The maximum Gasteiger partial charge on any atom is 0.282 e. The van der Waals surface area contributed by atoms with Crippen molar-refractivity contribution in [1.82, 2.24) is 4.31 Å². The van der Waals surface area contributed by atoms with E-state index in [4.69, 9.17) is 9.47 Å². The average molecular weight is 475 g/mol. The number of carbonyl (C=O) groups is 1. The number of benzene rings is 2. The van der Waals surface area contributed by atoms with E-state index in [1.54, 1.807) is 38.5 Å². The van der Waals surface area contributed by atoms with Crippen LogP contribution in [0.4, 0.5) is 5.69 Å². The highest BCUT2D eigenvalue weighted by atomic mass is 32.2. The first kappa shape index (κ1) is 23.5. The van der Waals surface area contributed by atoms with Crippen molar-refractivity contribution in [2.24, 2.45) is 0 Å². The molecule has 0 aliphatic carbocycles. The van der Waals surface area contributed by atoms with Crippen LogP contribution in [0.3, 0.4) is 0 Å². The molecule has 0 bridgehead atoms. The number of hydrogen-bond acceptors (Lipinski definition) is 5. The van der Waals surface area contributed by atoms with E-state index in [1.807, 2.05) is 19.1 Å². The molecule has 0 spiro atoms. The van der Waals surface area contributed by atoms with Gasteiger partial charge in [0.2, 0.25) is 10.0 Å². The van der Waals surface area contributed by atoms with E-state index in [1.165, 1.54) is 14.8 Å². The van der Waals surface area contributed by atoms with E-state index in [0.717, 1.165) is 43.7 Å². The zero-order valence-corrected chi connectivity index (χ0v) is 20.2. The summed E-state index contributed by atoms with van der Waals surface area (Å²) in [6, 6.07) is 10.2. The van der Waals surface area contributed by atoms with Gasteiger partial charge in [-0.05, 0) is 61.7 Å². The summed E-state index contributed by atoms with van der Waals surface area (Å²) in [6.07, 6.45) is 2.65. The number of hydrogen-bond donors (Lipinski definition) is 2. The summed E-state index contributed by atoms with van der Waals surface area (Å²) < 4.78 is 37.7. The van der Waals surface area contributed by atoms with Crippen molar-refractivity contribution < 1.29 is 27.6 Å². The van der Waals surface area contributed by atoms with Gasteiger partial charge >= 0.3 is 0 Å². The molecule has 8 nitrogen and oxygen atoms in total. The monoisotopic (exact) mass is 474 g/mol. The second-order valence-electron chi connectivity index (χ2n) is 8.66. The minimum absolute atomic E-state index is 0.0934. The first-order valence-electron chi connectivity index (χ1n) is 11.3. The predicted molar refractivity (Wildman–Crippen MR) is 125 cm³/mol. The van der Waals surface area contributed by atoms with Crippen LogP contribution in [0, 0.1) is 0 Å². The second kappa shape index (κ2) is 9.70. The molecule has 178 valence electrons. The van der Waals surface area contributed by atoms with Gasteiger partial charge in [0.15, 0.2) is 17.5 Å². The Morgan fingerprint density at radius 3 is 2.24 bits per heavy atom. The lowest BCUT2D eigenvalue weighted by Gasteiger charge is -2.30. The summed E-state index contributed by atoms with van der Waals surface area (Å²) in [5, 5.41) is 2.94. The van der Waals surface area contributed by atoms with E-state index in [9.17, 15) is 13.2 Å². The molecule has 2 N–H and O–H groups in total. The van der Waals surface area contributed by atoms with Crippen LogP contribution in [0.1, 0.15) is 30.9 Å². The van der Waals surface area contributed by atoms with Crippen molar-refractivity contribution in [3.63, 3.8) is 0 Å². The highest BCUT2D eigenvalue weighted by molar-refractivity contribution is 7.89. The van der Waals surface area contributed by atoms with Crippen LogP contribution in [0.15, 0.2) is 41.3 Å². The van der Waals surface area contributed by atoms with E-state index in [2.05, 4.69) is 5.32 Å². The zero-order chi connectivity index (χ0) is 23.6. The third kappa shape index (κ3) is 4.85. The summed E-state index contributed by atoms with van der Waals surface area (Å²) >= 11 is 0. The molecule has 0 saturated carbocycles. The minimum Gasteiger partial charge on any atom is -0.493 e. The fourth-order valence-corrected chi connectivity index (χ4v) is 6.10. The largest absolute Gasteiger partial charge is 0.493 e. The van der Waals surface area contributed by atoms with Gasteiger partial charge in [0.25, 0.3) is 5.91 Å². The number of anilines is 1. The summed E-state index contributed by atoms with van der Waals surface area (Å²) in [4.78, 5) is 14.4. The first-order valence-corrected chi connectivity index (χ1v) is 12.8. The van der Waals surface area contributed by atoms with Crippen LogP contribution in [0.2, 0.25) is 0 Å². The quantitative estimate of drug-likeness (QED) is 0.634. The lowest BCUT2D eigenvalue weighted by atomic mass is 9.97. The number of quaternary nitrogens is 1. The molecular weight excluding hydrogens is 442 g/mol. The van der Waals surface area contributed by atoms with Gasteiger partial charge in [0.05, 0.1) is 25.7 Å². The average Bonchev–Trinajstić information content (AvgIpc) is 3.38. The number of rotatable bonds is 7. The Balaban J connectivity index is 1.41. The number of methoxy groups -OCH3 is 2. The van der Waals surface area contributed by atoms with Gasteiger partial charge in [-0.25, -0.2) is 8.42 Å². The first-order chi connectivity index (χ1) is 15.8. The SMILES string of the molecule is COc1cc2c(cc1OC)C[NH+]([C@H](C)C(=O)Nc1ccc(S(=O)(=O)N3CCCC3)cc1)CC2. The van der Waals surface area contributed by atoms with Gasteiger partial charge in [-0.15, -0.1) is 0 Å². The fraction of sp³-hybridized carbons (Fsp3) is 0.458. The van der Waals surface area contributed by atoms with E-state index in [-0.39, 0.29) is 16.8 Å².